The maximum Gasteiger partial charge on any atom is 0.324 e. The van der Waals surface area contributed by atoms with E-state index >= 15 is 0 Å². The zero-order valence-corrected chi connectivity index (χ0v) is 8.12. The van der Waals surface area contributed by atoms with Crippen LogP contribution < -0.4 is 9.47 Å². The second-order valence-electron chi connectivity index (χ2n) is 2.70. The molecule has 0 unspecified atom stereocenters. The topological polar surface area (TPSA) is 57.1 Å². The van der Waals surface area contributed by atoms with E-state index in [1.165, 1.54) is 12.7 Å². The number of rotatable bonds is 3. The molecular weight excluding hydrogens is 194 g/mol. The maximum absolute atomic E-state index is 5.38. The molecule has 0 spiro atoms. The zero-order chi connectivity index (χ0) is 10.5. The van der Waals surface area contributed by atoms with Gasteiger partial charge in [0.15, 0.2) is 0 Å². The van der Waals surface area contributed by atoms with Crippen LogP contribution in [0.4, 0.5) is 0 Å². The van der Waals surface area contributed by atoms with Crippen LogP contribution in [0, 0.1) is 0 Å². The van der Waals surface area contributed by atoms with Gasteiger partial charge in [-0.15, -0.1) is 0 Å². The third-order valence-electron chi connectivity index (χ3n) is 1.72. The van der Waals surface area contributed by atoms with Gasteiger partial charge in [0.2, 0.25) is 0 Å². The van der Waals surface area contributed by atoms with Gasteiger partial charge in [-0.25, -0.2) is 4.98 Å². The lowest BCUT2D eigenvalue weighted by Gasteiger charge is -2.04. The first-order chi connectivity index (χ1) is 7.38. The fourth-order valence-corrected chi connectivity index (χ4v) is 1.05. The summed E-state index contributed by atoms with van der Waals surface area (Å²) in [7, 11) is 1.60. The van der Waals surface area contributed by atoms with Gasteiger partial charge in [-0.1, -0.05) is 6.07 Å². The van der Waals surface area contributed by atoms with Crippen LogP contribution in [0.1, 0.15) is 0 Å². The average Bonchev–Trinajstić information content (AvgIpc) is 2.31. The molecule has 0 aliphatic carbocycles. The summed E-state index contributed by atoms with van der Waals surface area (Å²) in [4.78, 5) is 11.4. The number of benzene rings is 1. The largest absolute Gasteiger partial charge is 0.497 e. The van der Waals surface area contributed by atoms with E-state index in [-0.39, 0.29) is 6.01 Å². The molecule has 0 amide bonds. The summed E-state index contributed by atoms with van der Waals surface area (Å²) in [6, 6.07) is 7.48. The predicted octanol–water partition coefficient (Wildman–Crippen LogP) is 1.67. The number of hydrogen-bond acceptors (Lipinski definition) is 5. The number of ether oxygens (including phenoxy) is 2. The van der Waals surface area contributed by atoms with Crippen LogP contribution in [-0.2, 0) is 0 Å². The van der Waals surface area contributed by atoms with Crippen LogP contribution >= 0.6 is 0 Å². The number of methoxy groups -OCH3 is 1. The summed E-state index contributed by atoms with van der Waals surface area (Å²) in [6.45, 7) is 0. The van der Waals surface area contributed by atoms with Crippen LogP contribution in [-0.4, -0.2) is 22.1 Å². The summed E-state index contributed by atoms with van der Waals surface area (Å²) in [5.41, 5.74) is 0. The fourth-order valence-electron chi connectivity index (χ4n) is 1.05. The van der Waals surface area contributed by atoms with Crippen molar-refractivity contribution >= 4 is 0 Å². The Hall–Kier alpha value is -2.17. The minimum atomic E-state index is 0.262. The molecule has 15 heavy (non-hydrogen) atoms. The van der Waals surface area contributed by atoms with Crippen molar-refractivity contribution in [1.82, 2.24) is 15.0 Å². The van der Waals surface area contributed by atoms with E-state index in [0.29, 0.717) is 5.75 Å². The number of aromatic nitrogens is 3. The van der Waals surface area contributed by atoms with Gasteiger partial charge in [0, 0.05) is 6.07 Å². The summed E-state index contributed by atoms with van der Waals surface area (Å²) < 4.78 is 10.4. The Labute approximate surface area is 86.7 Å². The van der Waals surface area contributed by atoms with Gasteiger partial charge in [0.25, 0.3) is 0 Å². The summed E-state index contributed by atoms with van der Waals surface area (Å²) in [5, 5.41) is 0. The predicted molar refractivity (Wildman–Crippen MR) is 52.9 cm³/mol. The van der Waals surface area contributed by atoms with Gasteiger partial charge in [-0.3, -0.25) is 0 Å². The zero-order valence-electron chi connectivity index (χ0n) is 8.12. The normalized spacial score (nSPS) is 9.67. The molecule has 0 radical (unpaired) electrons. The molecule has 5 heteroatoms. The molecule has 1 aromatic heterocycles. The van der Waals surface area contributed by atoms with E-state index in [4.69, 9.17) is 9.47 Å². The second-order valence-corrected chi connectivity index (χ2v) is 2.70. The standard InChI is InChI=1S/C10H9N3O2/c1-14-8-3-2-4-9(5-8)15-10-12-6-11-7-13-10/h2-7H,1H3. The first-order valence-corrected chi connectivity index (χ1v) is 4.32. The third-order valence-corrected chi connectivity index (χ3v) is 1.72. The minimum Gasteiger partial charge on any atom is -0.497 e. The molecule has 1 heterocycles. The van der Waals surface area contributed by atoms with E-state index in [1.54, 1.807) is 19.2 Å². The molecule has 76 valence electrons. The van der Waals surface area contributed by atoms with Crippen molar-refractivity contribution in [1.29, 1.82) is 0 Å². The molecule has 0 saturated carbocycles. The molecule has 0 atom stereocenters. The van der Waals surface area contributed by atoms with E-state index in [2.05, 4.69) is 15.0 Å². The maximum atomic E-state index is 5.38. The Morgan fingerprint density at radius 1 is 1.07 bits per heavy atom. The lowest BCUT2D eigenvalue weighted by molar-refractivity contribution is 0.404. The van der Waals surface area contributed by atoms with Gasteiger partial charge in [0.1, 0.15) is 24.2 Å². The van der Waals surface area contributed by atoms with E-state index in [1.807, 2.05) is 12.1 Å². The lowest BCUT2D eigenvalue weighted by atomic mass is 10.3. The Bertz CT molecular complexity index is 434. The molecule has 0 aliphatic rings. The number of hydrogen-bond donors (Lipinski definition) is 0. The SMILES string of the molecule is COc1cccc(Oc2ncncn2)c1. The molecule has 1 aromatic carbocycles. The van der Waals surface area contributed by atoms with Crippen molar-refractivity contribution in [3.05, 3.63) is 36.9 Å². The van der Waals surface area contributed by atoms with Crippen LogP contribution in [0.2, 0.25) is 0 Å². The van der Waals surface area contributed by atoms with Crippen molar-refractivity contribution in [2.75, 3.05) is 7.11 Å². The Morgan fingerprint density at radius 2 is 1.80 bits per heavy atom. The van der Waals surface area contributed by atoms with Crippen LogP contribution in [0.25, 0.3) is 0 Å². The third kappa shape index (κ3) is 2.40. The second kappa shape index (κ2) is 4.36. The molecule has 0 aliphatic heterocycles. The molecule has 0 bridgehead atoms. The Morgan fingerprint density at radius 3 is 2.53 bits per heavy atom. The van der Waals surface area contributed by atoms with Crippen molar-refractivity contribution in [2.24, 2.45) is 0 Å². The van der Waals surface area contributed by atoms with Gasteiger partial charge < -0.3 is 9.47 Å². The van der Waals surface area contributed by atoms with Crippen LogP contribution in [0.3, 0.4) is 0 Å². The van der Waals surface area contributed by atoms with Crippen LogP contribution in [0.5, 0.6) is 17.5 Å². The van der Waals surface area contributed by atoms with Gasteiger partial charge in [-0.2, -0.15) is 9.97 Å². The molecule has 5 nitrogen and oxygen atoms in total. The smallest absolute Gasteiger partial charge is 0.324 e. The van der Waals surface area contributed by atoms with Crippen molar-refractivity contribution in [3.63, 3.8) is 0 Å². The highest BCUT2D eigenvalue weighted by Gasteiger charge is 2.00. The fraction of sp³-hybridized carbons (Fsp3) is 0.100. The van der Waals surface area contributed by atoms with Gasteiger partial charge in [0.05, 0.1) is 7.11 Å². The Kier molecular flexibility index (Phi) is 2.73. The molecule has 0 fully saturated rings. The lowest BCUT2D eigenvalue weighted by Crippen LogP contribution is -1.92. The highest BCUT2D eigenvalue weighted by atomic mass is 16.5. The summed E-state index contributed by atoms with van der Waals surface area (Å²) in [6.07, 6.45) is 2.75. The van der Waals surface area contributed by atoms with Crippen LogP contribution in [0.15, 0.2) is 36.9 Å². The summed E-state index contributed by atoms with van der Waals surface area (Å²) >= 11 is 0. The molecule has 2 aromatic rings. The molecular formula is C10H9N3O2. The highest BCUT2D eigenvalue weighted by Crippen LogP contribution is 2.21. The number of nitrogens with zero attached hydrogens (tertiary/aromatic N) is 3. The van der Waals surface area contributed by atoms with Crippen molar-refractivity contribution < 1.29 is 9.47 Å². The first-order valence-electron chi connectivity index (χ1n) is 4.32. The minimum absolute atomic E-state index is 0.262. The van der Waals surface area contributed by atoms with Gasteiger partial charge in [-0.05, 0) is 12.1 Å². The van der Waals surface area contributed by atoms with E-state index < -0.39 is 0 Å². The van der Waals surface area contributed by atoms with Gasteiger partial charge >= 0.3 is 6.01 Å². The quantitative estimate of drug-likeness (QED) is 0.759. The molecule has 0 saturated heterocycles. The van der Waals surface area contributed by atoms with E-state index in [9.17, 15) is 0 Å². The monoisotopic (exact) mass is 203 g/mol. The Balaban J connectivity index is 2.17. The average molecular weight is 203 g/mol. The first kappa shape index (κ1) is 9.39. The van der Waals surface area contributed by atoms with E-state index in [0.717, 1.165) is 5.75 Å². The van der Waals surface area contributed by atoms with Crippen molar-refractivity contribution in [3.8, 4) is 17.5 Å². The van der Waals surface area contributed by atoms with Crippen molar-refractivity contribution in [2.45, 2.75) is 0 Å². The highest BCUT2D eigenvalue weighted by molar-refractivity contribution is 5.34. The molecule has 0 N–H and O–H groups in total. The molecule has 2 rings (SSSR count). The summed E-state index contributed by atoms with van der Waals surface area (Å²) in [5.74, 6) is 1.35.